The fraction of sp³-hybridized carbons (Fsp3) is 0. The van der Waals surface area contributed by atoms with E-state index in [1.807, 2.05) is 35.0 Å². The number of hydrogen-bond acceptors (Lipinski definition) is 2. The lowest BCUT2D eigenvalue weighted by atomic mass is 10.1. The van der Waals surface area contributed by atoms with E-state index in [-0.39, 0.29) is 0 Å². The van der Waals surface area contributed by atoms with E-state index >= 15 is 0 Å². The van der Waals surface area contributed by atoms with Crippen molar-refractivity contribution in [3.63, 3.8) is 0 Å². The molecule has 0 amide bonds. The largest absolute Gasteiger partial charge is 0.369 e. The van der Waals surface area contributed by atoms with Gasteiger partial charge in [-0.2, -0.15) is 0 Å². The zero-order valence-electron chi connectivity index (χ0n) is 8.67. The highest BCUT2D eigenvalue weighted by atomic mass is 15.1. The summed E-state index contributed by atoms with van der Waals surface area (Å²) in [6.45, 7) is 0. The maximum Gasteiger partial charge on any atom is 0.204 e. The van der Waals surface area contributed by atoms with Crippen molar-refractivity contribution in [2.24, 2.45) is 0 Å². The van der Waals surface area contributed by atoms with Crippen LogP contribution in [0.15, 0.2) is 54.9 Å². The van der Waals surface area contributed by atoms with E-state index in [9.17, 15) is 0 Å². The molecule has 0 saturated heterocycles. The Morgan fingerprint density at radius 2 is 1.81 bits per heavy atom. The van der Waals surface area contributed by atoms with E-state index in [4.69, 9.17) is 5.73 Å². The molecular weight excluding hydrogens is 198 g/mol. The smallest absolute Gasteiger partial charge is 0.204 e. The maximum atomic E-state index is 5.82. The molecule has 1 aromatic heterocycles. The highest BCUT2D eigenvalue weighted by Gasteiger charge is 2.04. The Morgan fingerprint density at radius 3 is 2.62 bits per heavy atom. The first kappa shape index (κ1) is 8.97. The second-order valence-corrected chi connectivity index (χ2v) is 3.65. The minimum absolute atomic E-state index is 0.511. The summed E-state index contributed by atoms with van der Waals surface area (Å²) in [6, 6.07) is 14.4. The predicted octanol–water partition coefficient (Wildman–Crippen LogP) is 2.61. The number of benzene rings is 2. The molecule has 0 saturated carbocycles. The van der Waals surface area contributed by atoms with Gasteiger partial charge in [-0.1, -0.05) is 36.4 Å². The third-order valence-electron chi connectivity index (χ3n) is 2.70. The molecule has 3 heteroatoms. The van der Waals surface area contributed by atoms with E-state index in [2.05, 4.69) is 23.2 Å². The standard InChI is InChI=1S/C13H11N3/c14-13-15-8-9-16(13)12-7-3-5-10-4-1-2-6-11(10)12/h1-9H,(H2,14,15). The Balaban J connectivity index is 2.36. The summed E-state index contributed by atoms with van der Waals surface area (Å²) in [6.07, 6.45) is 3.58. The van der Waals surface area contributed by atoms with Crippen molar-refractivity contribution < 1.29 is 0 Å². The van der Waals surface area contributed by atoms with Crippen molar-refractivity contribution in [3.05, 3.63) is 54.9 Å². The Bertz CT molecular complexity index is 635. The SMILES string of the molecule is Nc1nccn1-c1cccc2ccccc12. The lowest BCUT2D eigenvalue weighted by Gasteiger charge is -2.08. The van der Waals surface area contributed by atoms with E-state index in [0.717, 1.165) is 5.69 Å². The van der Waals surface area contributed by atoms with Gasteiger partial charge in [-0.15, -0.1) is 0 Å². The second-order valence-electron chi connectivity index (χ2n) is 3.65. The van der Waals surface area contributed by atoms with Gasteiger partial charge >= 0.3 is 0 Å². The van der Waals surface area contributed by atoms with Crippen molar-refractivity contribution in [1.82, 2.24) is 9.55 Å². The summed E-state index contributed by atoms with van der Waals surface area (Å²) in [5, 5.41) is 2.38. The zero-order chi connectivity index (χ0) is 11.0. The lowest BCUT2D eigenvalue weighted by Crippen LogP contribution is -2.00. The fourth-order valence-electron chi connectivity index (χ4n) is 1.94. The minimum atomic E-state index is 0.511. The fourth-order valence-corrected chi connectivity index (χ4v) is 1.94. The summed E-state index contributed by atoms with van der Waals surface area (Å²) in [7, 11) is 0. The Morgan fingerprint density at radius 1 is 1.00 bits per heavy atom. The van der Waals surface area contributed by atoms with Gasteiger partial charge in [-0.05, 0) is 11.5 Å². The average molecular weight is 209 g/mol. The summed E-state index contributed by atoms with van der Waals surface area (Å²) < 4.78 is 1.89. The van der Waals surface area contributed by atoms with Crippen LogP contribution in [-0.4, -0.2) is 9.55 Å². The summed E-state index contributed by atoms with van der Waals surface area (Å²) in [4.78, 5) is 4.04. The Hall–Kier alpha value is -2.29. The molecule has 2 N–H and O–H groups in total. The topological polar surface area (TPSA) is 43.8 Å². The van der Waals surface area contributed by atoms with Gasteiger partial charge in [0.1, 0.15) is 0 Å². The van der Waals surface area contributed by atoms with Crippen LogP contribution in [0.5, 0.6) is 0 Å². The highest BCUT2D eigenvalue weighted by Crippen LogP contribution is 2.23. The molecule has 16 heavy (non-hydrogen) atoms. The van der Waals surface area contributed by atoms with Gasteiger partial charge in [0.05, 0.1) is 5.69 Å². The predicted molar refractivity (Wildman–Crippen MR) is 65.5 cm³/mol. The van der Waals surface area contributed by atoms with Crippen molar-refractivity contribution in [2.45, 2.75) is 0 Å². The molecular formula is C13H11N3. The quantitative estimate of drug-likeness (QED) is 0.669. The molecule has 2 aromatic carbocycles. The van der Waals surface area contributed by atoms with Crippen molar-refractivity contribution in [2.75, 3.05) is 5.73 Å². The lowest BCUT2D eigenvalue weighted by molar-refractivity contribution is 1.09. The molecule has 0 aliphatic carbocycles. The normalized spacial score (nSPS) is 10.8. The molecule has 0 bridgehead atoms. The molecule has 0 aliphatic heterocycles. The molecule has 0 fully saturated rings. The van der Waals surface area contributed by atoms with E-state index in [1.54, 1.807) is 6.20 Å². The van der Waals surface area contributed by atoms with Crippen LogP contribution in [-0.2, 0) is 0 Å². The number of fused-ring (bicyclic) bond motifs is 1. The first-order valence-corrected chi connectivity index (χ1v) is 5.13. The third-order valence-corrected chi connectivity index (χ3v) is 2.70. The molecule has 3 aromatic rings. The number of hydrogen-bond donors (Lipinski definition) is 1. The van der Waals surface area contributed by atoms with Crippen LogP contribution in [0, 0.1) is 0 Å². The van der Waals surface area contributed by atoms with Crippen molar-refractivity contribution >= 4 is 16.7 Å². The van der Waals surface area contributed by atoms with Crippen LogP contribution >= 0.6 is 0 Å². The molecule has 0 unspecified atom stereocenters. The molecule has 3 nitrogen and oxygen atoms in total. The number of aromatic nitrogens is 2. The summed E-state index contributed by atoms with van der Waals surface area (Å²) >= 11 is 0. The van der Waals surface area contributed by atoms with Crippen LogP contribution in [0.2, 0.25) is 0 Å². The van der Waals surface area contributed by atoms with Crippen LogP contribution in [0.4, 0.5) is 5.95 Å². The van der Waals surface area contributed by atoms with Crippen LogP contribution in [0.3, 0.4) is 0 Å². The van der Waals surface area contributed by atoms with Crippen LogP contribution in [0.1, 0.15) is 0 Å². The maximum absolute atomic E-state index is 5.82. The summed E-state index contributed by atoms with van der Waals surface area (Å²) in [5.74, 6) is 0.511. The number of nitrogen functional groups attached to an aromatic ring is 1. The number of rotatable bonds is 1. The molecule has 1 heterocycles. The van der Waals surface area contributed by atoms with Crippen molar-refractivity contribution in [1.29, 1.82) is 0 Å². The van der Waals surface area contributed by atoms with Crippen LogP contribution in [0.25, 0.3) is 16.5 Å². The van der Waals surface area contributed by atoms with E-state index in [1.165, 1.54) is 10.8 Å². The molecule has 0 atom stereocenters. The Kier molecular flexibility index (Phi) is 1.90. The van der Waals surface area contributed by atoms with Gasteiger partial charge in [0, 0.05) is 17.8 Å². The molecule has 78 valence electrons. The summed E-state index contributed by atoms with van der Waals surface area (Å²) in [5.41, 5.74) is 6.88. The van der Waals surface area contributed by atoms with Gasteiger partial charge in [-0.3, -0.25) is 4.57 Å². The first-order chi connectivity index (χ1) is 7.86. The van der Waals surface area contributed by atoms with Gasteiger partial charge in [0.15, 0.2) is 0 Å². The van der Waals surface area contributed by atoms with Gasteiger partial charge in [0.25, 0.3) is 0 Å². The number of imidazole rings is 1. The average Bonchev–Trinajstić information content (AvgIpc) is 2.75. The van der Waals surface area contributed by atoms with Crippen molar-refractivity contribution in [3.8, 4) is 5.69 Å². The highest BCUT2D eigenvalue weighted by molar-refractivity contribution is 5.90. The molecule has 0 radical (unpaired) electrons. The van der Waals surface area contributed by atoms with Gasteiger partial charge < -0.3 is 5.73 Å². The molecule has 0 spiro atoms. The number of anilines is 1. The zero-order valence-corrected chi connectivity index (χ0v) is 8.67. The van der Waals surface area contributed by atoms with E-state index < -0.39 is 0 Å². The second kappa shape index (κ2) is 3.38. The van der Waals surface area contributed by atoms with Gasteiger partial charge in [0.2, 0.25) is 5.95 Å². The number of nitrogens with two attached hydrogens (primary N) is 1. The van der Waals surface area contributed by atoms with Gasteiger partial charge in [-0.25, -0.2) is 4.98 Å². The minimum Gasteiger partial charge on any atom is -0.369 e. The van der Waals surface area contributed by atoms with Crippen LogP contribution < -0.4 is 5.73 Å². The monoisotopic (exact) mass is 209 g/mol. The first-order valence-electron chi connectivity index (χ1n) is 5.13. The molecule has 0 aliphatic rings. The Labute approximate surface area is 93.1 Å². The molecule has 3 rings (SSSR count). The van der Waals surface area contributed by atoms with E-state index in [0.29, 0.717) is 5.95 Å². The number of nitrogens with zero attached hydrogens (tertiary/aromatic N) is 2. The third kappa shape index (κ3) is 1.26.